The van der Waals surface area contributed by atoms with Gasteiger partial charge < -0.3 is 9.80 Å². The van der Waals surface area contributed by atoms with E-state index in [9.17, 15) is 9.18 Å². The zero-order chi connectivity index (χ0) is 18.7. The molecule has 1 saturated heterocycles. The number of aromatic nitrogens is 2. The van der Waals surface area contributed by atoms with E-state index in [-0.39, 0.29) is 17.9 Å². The van der Waals surface area contributed by atoms with Crippen LogP contribution in [0.25, 0.3) is 0 Å². The highest BCUT2D eigenvalue weighted by Gasteiger charge is 2.22. The first-order chi connectivity index (χ1) is 12.5. The van der Waals surface area contributed by atoms with Crippen molar-refractivity contribution in [3.63, 3.8) is 0 Å². The Morgan fingerprint density at radius 3 is 2.81 bits per heavy atom. The van der Waals surface area contributed by atoms with Crippen molar-refractivity contribution in [3.05, 3.63) is 52.2 Å². The first kappa shape index (κ1) is 18.6. The van der Waals surface area contributed by atoms with Crippen LogP contribution in [-0.2, 0) is 11.2 Å². The van der Waals surface area contributed by atoms with Gasteiger partial charge in [0.25, 0.3) is 0 Å². The van der Waals surface area contributed by atoms with Gasteiger partial charge in [-0.2, -0.15) is 0 Å². The average Bonchev–Trinajstić information content (AvgIpc) is 2.86. The van der Waals surface area contributed by atoms with E-state index in [1.54, 1.807) is 23.2 Å². The highest BCUT2D eigenvalue weighted by molar-refractivity contribution is 6.31. The number of halogens is 2. The molecule has 0 unspecified atom stereocenters. The lowest BCUT2D eigenvalue weighted by molar-refractivity contribution is -0.130. The number of hydrogen-bond acceptors (Lipinski definition) is 4. The molecule has 1 aliphatic rings. The second-order valence-electron chi connectivity index (χ2n) is 6.52. The summed E-state index contributed by atoms with van der Waals surface area (Å²) in [6, 6.07) is 4.48. The van der Waals surface area contributed by atoms with Crippen LogP contribution in [0.1, 0.15) is 23.4 Å². The number of aryl methyl sites for hydroxylation is 2. The van der Waals surface area contributed by atoms with Crippen LogP contribution in [-0.4, -0.2) is 47.0 Å². The predicted octanol–water partition coefficient (Wildman–Crippen LogP) is 3.17. The fourth-order valence-electron chi connectivity index (χ4n) is 3.17. The largest absolute Gasteiger partial charge is 0.353 e. The molecule has 5 nitrogen and oxygen atoms in total. The minimum absolute atomic E-state index is 0.0191. The summed E-state index contributed by atoms with van der Waals surface area (Å²) in [6.07, 6.45) is 2.56. The quantitative estimate of drug-likeness (QED) is 0.825. The zero-order valence-electron chi connectivity index (χ0n) is 15.0. The molecule has 0 radical (unpaired) electrons. The standard InChI is InChI=1S/C19H22ClFN4O/c1-13-12-22-14(2)19(23-13)25-8-4-7-24(9-10-25)18(26)11-15-16(20)5-3-6-17(15)21/h3,5-6,12H,4,7-11H2,1-2H3. The van der Waals surface area contributed by atoms with Crippen molar-refractivity contribution < 1.29 is 9.18 Å². The maximum Gasteiger partial charge on any atom is 0.227 e. The lowest BCUT2D eigenvalue weighted by Crippen LogP contribution is -2.36. The van der Waals surface area contributed by atoms with Crippen LogP contribution >= 0.6 is 11.6 Å². The fourth-order valence-corrected chi connectivity index (χ4v) is 3.40. The van der Waals surface area contributed by atoms with Crippen molar-refractivity contribution in [1.29, 1.82) is 0 Å². The van der Waals surface area contributed by atoms with Crippen LogP contribution in [0.3, 0.4) is 0 Å². The third-order valence-electron chi connectivity index (χ3n) is 4.59. The molecule has 1 aromatic heterocycles. The molecule has 2 aromatic rings. The van der Waals surface area contributed by atoms with Gasteiger partial charge in [0.05, 0.1) is 17.8 Å². The maximum absolute atomic E-state index is 13.9. The molecule has 0 N–H and O–H groups in total. The summed E-state index contributed by atoms with van der Waals surface area (Å²) in [7, 11) is 0. The van der Waals surface area contributed by atoms with Gasteiger partial charge in [0.15, 0.2) is 0 Å². The van der Waals surface area contributed by atoms with Gasteiger partial charge in [-0.05, 0) is 32.4 Å². The summed E-state index contributed by atoms with van der Waals surface area (Å²) in [5, 5.41) is 0.292. The number of carbonyl (C=O) groups excluding carboxylic acids is 1. The molecule has 26 heavy (non-hydrogen) atoms. The third kappa shape index (κ3) is 4.12. The normalized spacial score (nSPS) is 15.1. The van der Waals surface area contributed by atoms with E-state index >= 15 is 0 Å². The average molecular weight is 377 g/mol. The van der Waals surface area contributed by atoms with Crippen molar-refractivity contribution in [1.82, 2.24) is 14.9 Å². The molecule has 0 atom stereocenters. The molecule has 2 heterocycles. The molecule has 1 fully saturated rings. The molecule has 0 spiro atoms. The number of benzene rings is 1. The molecule has 0 saturated carbocycles. The van der Waals surface area contributed by atoms with E-state index in [2.05, 4.69) is 14.9 Å². The van der Waals surface area contributed by atoms with Gasteiger partial charge in [-0.25, -0.2) is 9.37 Å². The van der Waals surface area contributed by atoms with Crippen LogP contribution in [0, 0.1) is 19.7 Å². The summed E-state index contributed by atoms with van der Waals surface area (Å²) < 4.78 is 13.9. The summed E-state index contributed by atoms with van der Waals surface area (Å²) in [5.41, 5.74) is 2.02. The minimum atomic E-state index is -0.437. The second-order valence-corrected chi connectivity index (χ2v) is 6.93. The first-order valence-corrected chi connectivity index (χ1v) is 9.09. The number of anilines is 1. The van der Waals surface area contributed by atoms with Gasteiger partial charge >= 0.3 is 0 Å². The topological polar surface area (TPSA) is 49.3 Å². The predicted molar refractivity (Wildman–Crippen MR) is 100 cm³/mol. The smallest absolute Gasteiger partial charge is 0.227 e. The van der Waals surface area contributed by atoms with Gasteiger partial charge in [-0.1, -0.05) is 17.7 Å². The summed E-state index contributed by atoms with van der Waals surface area (Å²) >= 11 is 6.05. The highest BCUT2D eigenvalue weighted by Crippen LogP contribution is 2.21. The molecule has 0 bridgehead atoms. The highest BCUT2D eigenvalue weighted by atomic mass is 35.5. The molecular formula is C19H22ClFN4O. The lowest BCUT2D eigenvalue weighted by atomic mass is 10.1. The molecule has 7 heteroatoms. The Morgan fingerprint density at radius 1 is 1.23 bits per heavy atom. The van der Waals surface area contributed by atoms with Crippen LogP contribution < -0.4 is 4.90 Å². The Morgan fingerprint density at radius 2 is 2.04 bits per heavy atom. The van der Waals surface area contributed by atoms with E-state index in [4.69, 9.17) is 11.6 Å². The molecule has 0 aliphatic carbocycles. The van der Waals surface area contributed by atoms with E-state index < -0.39 is 5.82 Å². The Balaban J connectivity index is 1.68. The van der Waals surface area contributed by atoms with Crippen LogP contribution in [0.2, 0.25) is 5.02 Å². The number of nitrogens with zero attached hydrogens (tertiary/aromatic N) is 4. The molecular weight excluding hydrogens is 355 g/mol. The van der Waals surface area contributed by atoms with Gasteiger partial charge in [0.1, 0.15) is 11.6 Å². The first-order valence-electron chi connectivity index (χ1n) is 8.71. The number of rotatable bonds is 3. The van der Waals surface area contributed by atoms with Gasteiger partial charge in [0, 0.05) is 43.0 Å². The third-order valence-corrected chi connectivity index (χ3v) is 4.94. The van der Waals surface area contributed by atoms with Crippen molar-refractivity contribution in [2.75, 3.05) is 31.1 Å². The van der Waals surface area contributed by atoms with Gasteiger partial charge in [-0.3, -0.25) is 9.78 Å². The van der Waals surface area contributed by atoms with E-state index in [1.165, 1.54) is 6.07 Å². The number of amides is 1. The second kappa shape index (κ2) is 7.99. The zero-order valence-corrected chi connectivity index (χ0v) is 15.8. The SMILES string of the molecule is Cc1cnc(C)c(N2CCCN(C(=O)Cc3c(F)cccc3Cl)CC2)n1. The Kier molecular flexibility index (Phi) is 5.71. The summed E-state index contributed by atoms with van der Waals surface area (Å²) in [6.45, 7) is 6.55. The van der Waals surface area contributed by atoms with Crippen LogP contribution in [0.4, 0.5) is 10.2 Å². The maximum atomic E-state index is 13.9. The number of carbonyl (C=O) groups is 1. The van der Waals surface area contributed by atoms with Crippen molar-refractivity contribution in [2.45, 2.75) is 26.7 Å². The number of hydrogen-bond donors (Lipinski definition) is 0. The molecule has 1 aliphatic heterocycles. The monoisotopic (exact) mass is 376 g/mol. The fraction of sp³-hybridized carbons (Fsp3) is 0.421. The van der Waals surface area contributed by atoms with Crippen molar-refractivity contribution >= 4 is 23.3 Å². The van der Waals surface area contributed by atoms with Crippen molar-refractivity contribution in [2.24, 2.45) is 0 Å². The summed E-state index contributed by atoms with van der Waals surface area (Å²) in [5.74, 6) is 0.329. The van der Waals surface area contributed by atoms with Gasteiger partial charge in [-0.15, -0.1) is 0 Å². The van der Waals surface area contributed by atoms with Gasteiger partial charge in [0.2, 0.25) is 5.91 Å². The van der Waals surface area contributed by atoms with Crippen LogP contribution in [0.5, 0.6) is 0 Å². The molecule has 138 valence electrons. The van der Waals surface area contributed by atoms with E-state index in [0.29, 0.717) is 24.7 Å². The Hall–Kier alpha value is -2.21. The summed E-state index contributed by atoms with van der Waals surface area (Å²) in [4.78, 5) is 25.6. The molecule has 1 amide bonds. The molecule has 1 aromatic carbocycles. The Bertz CT molecular complexity index is 794. The van der Waals surface area contributed by atoms with E-state index in [0.717, 1.165) is 30.2 Å². The molecule has 3 rings (SSSR count). The van der Waals surface area contributed by atoms with Crippen molar-refractivity contribution in [3.8, 4) is 0 Å². The lowest BCUT2D eigenvalue weighted by Gasteiger charge is -2.24. The van der Waals surface area contributed by atoms with Crippen LogP contribution in [0.15, 0.2) is 24.4 Å². The Labute approximate surface area is 157 Å². The van der Waals surface area contributed by atoms with E-state index in [1.807, 2.05) is 13.8 Å². The minimum Gasteiger partial charge on any atom is -0.353 e.